The zero-order chi connectivity index (χ0) is 22.2. The van der Waals surface area contributed by atoms with Crippen molar-refractivity contribution in [2.75, 3.05) is 58.8 Å². The second kappa shape index (κ2) is 12.8. The third kappa shape index (κ3) is 7.19. The number of aryl methyl sites for hydroxylation is 1. The summed E-state index contributed by atoms with van der Waals surface area (Å²) in [7, 11) is 5.16. The van der Waals surface area contributed by atoms with E-state index in [-0.39, 0.29) is 36.4 Å². The van der Waals surface area contributed by atoms with Crippen LogP contribution in [-0.4, -0.2) is 85.0 Å². The summed E-state index contributed by atoms with van der Waals surface area (Å²) in [4.78, 5) is 27.5. The van der Waals surface area contributed by atoms with Crippen molar-refractivity contribution in [3.05, 3.63) is 35.7 Å². The smallest absolute Gasteiger partial charge is 0.241 e. The number of aromatic nitrogens is 2. The molecule has 0 aliphatic carbocycles. The molecule has 9 nitrogen and oxygen atoms in total. The van der Waals surface area contributed by atoms with Gasteiger partial charge in [0, 0.05) is 58.2 Å². The fourth-order valence-corrected chi connectivity index (χ4v) is 3.91. The molecule has 2 aromatic rings. The van der Waals surface area contributed by atoms with Gasteiger partial charge in [0.1, 0.15) is 11.6 Å². The molecule has 11 heteroatoms. The average molecular weight is 574 g/mol. The van der Waals surface area contributed by atoms with Crippen LogP contribution in [0, 0.1) is 0 Å². The fourth-order valence-electron chi connectivity index (χ4n) is 3.10. The molecule has 2 heterocycles. The van der Waals surface area contributed by atoms with Crippen molar-refractivity contribution < 1.29 is 9.53 Å². The number of halogens is 1. The number of carbonyl (C=O) groups is 1. The van der Waals surface area contributed by atoms with Crippen molar-refractivity contribution in [1.29, 1.82) is 0 Å². The number of rotatable bonds is 7. The highest BCUT2D eigenvalue weighted by Crippen LogP contribution is 2.19. The van der Waals surface area contributed by atoms with E-state index in [0.717, 1.165) is 60.8 Å². The normalized spacial score (nSPS) is 14.1. The van der Waals surface area contributed by atoms with Gasteiger partial charge in [-0.3, -0.25) is 4.79 Å². The zero-order valence-corrected chi connectivity index (χ0v) is 22.2. The Balaban J connectivity index is 0.00000363. The number of anilines is 1. The van der Waals surface area contributed by atoms with E-state index in [0.29, 0.717) is 6.54 Å². The van der Waals surface area contributed by atoms with Crippen molar-refractivity contribution in [2.45, 2.75) is 19.9 Å². The highest BCUT2D eigenvalue weighted by atomic mass is 127. The molecule has 176 valence electrons. The Morgan fingerprint density at radius 1 is 1.22 bits per heavy atom. The van der Waals surface area contributed by atoms with Gasteiger partial charge in [-0.25, -0.2) is 9.98 Å². The summed E-state index contributed by atoms with van der Waals surface area (Å²) in [6.45, 7) is 6.07. The van der Waals surface area contributed by atoms with Gasteiger partial charge in [-0.15, -0.1) is 24.0 Å². The van der Waals surface area contributed by atoms with E-state index >= 15 is 0 Å². The van der Waals surface area contributed by atoms with Gasteiger partial charge in [0.2, 0.25) is 11.0 Å². The van der Waals surface area contributed by atoms with Crippen molar-refractivity contribution >= 4 is 52.5 Å². The minimum Gasteiger partial charge on any atom is -0.497 e. The molecule has 0 unspecified atom stereocenters. The number of hydrogen-bond acceptors (Lipinski definition) is 7. The highest BCUT2D eigenvalue weighted by Gasteiger charge is 2.22. The second-order valence-electron chi connectivity index (χ2n) is 7.45. The van der Waals surface area contributed by atoms with Crippen LogP contribution in [0.15, 0.2) is 29.3 Å². The maximum atomic E-state index is 12.1. The summed E-state index contributed by atoms with van der Waals surface area (Å²) in [6.07, 6.45) is 0.850. The monoisotopic (exact) mass is 573 g/mol. The van der Waals surface area contributed by atoms with E-state index in [4.69, 9.17) is 9.73 Å². The molecule has 32 heavy (non-hydrogen) atoms. The molecule has 1 aromatic carbocycles. The lowest BCUT2D eigenvalue weighted by Crippen LogP contribution is -2.53. The lowest BCUT2D eigenvalue weighted by molar-refractivity contribution is -0.127. The number of guanidine groups is 1. The van der Waals surface area contributed by atoms with Crippen LogP contribution in [0.2, 0.25) is 0 Å². The number of likely N-dealkylation sites (N-methyl/N-ethyl adjacent to an activating group) is 1. The van der Waals surface area contributed by atoms with Gasteiger partial charge < -0.3 is 24.8 Å². The second-order valence-corrected chi connectivity index (χ2v) is 8.18. The van der Waals surface area contributed by atoms with Crippen LogP contribution in [0.5, 0.6) is 5.75 Å². The van der Waals surface area contributed by atoms with Crippen molar-refractivity contribution in [3.63, 3.8) is 0 Å². The molecule has 1 aliphatic heterocycles. The van der Waals surface area contributed by atoms with Crippen LogP contribution in [-0.2, 0) is 17.8 Å². The quantitative estimate of drug-likeness (QED) is 0.309. The summed E-state index contributed by atoms with van der Waals surface area (Å²) in [6, 6.07) is 7.87. The van der Waals surface area contributed by atoms with E-state index in [9.17, 15) is 4.79 Å². The van der Waals surface area contributed by atoms with Crippen molar-refractivity contribution in [1.82, 2.24) is 24.5 Å². The molecule has 1 aromatic heterocycles. The molecule has 1 amide bonds. The van der Waals surface area contributed by atoms with Crippen LogP contribution in [0.3, 0.4) is 0 Å². The molecular formula is C21H32IN7O2S. The Labute approximate surface area is 211 Å². The standard InChI is InChI=1S/C21H31N7O2S.HI/c1-5-18-24-21(31-25-18)28-12-10-27(11-13-28)20(23-15-19(29)26(2)3)22-14-16-6-8-17(30-4)9-7-16;/h6-9H,5,10-15H2,1-4H3,(H,22,23);1H. The molecule has 0 radical (unpaired) electrons. The van der Waals surface area contributed by atoms with Gasteiger partial charge in [0.25, 0.3) is 0 Å². The first kappa shape index (κ1) is 26.1. The summed E-state index contributed by atoms with van der Waals surface area (Å²) >= 11 is 1.46. The van der Waals surface area contributed by atoms with Crippen LogP contribution in [0.1, 0.15) is 18.3 Å². The Kier molecular flexibility index (Phi) is 10.4. The van der Waals surface area contributed by atoms with Crippen LogP contribution >= 0.6 is 35.5 Å². The molecular weight excluding hydrogens is 541 g/mol. The number of amides is 1. The molecule has 3 rings (SSSR count). The highest BCUT2D eigenvalue weighted by molar-refractivity contribution is 14.0. The number of hydrogen-bond donors (Lipinski definition) is 1. The summed E-state index contributed by atoms with van der Waals surface area (Å²) in [5.74, 6) is 2.48. The molecule has 1 N–H and O–H groups in total. The lowest BCUT2D eigenvalue weighted by atomic mass is 10.2. The number of ether oxygens (including phenoxy) is 1. The fraction of sp³-hybridized carbons (Fsp3) is 0.524. The number of nitrogens with one attached hydrogen (secondary N) is 1. The van der Waals surface area contributed by atoms with E-state index in [1.807, 2.05) is 24.3 Å². The molecule has 0 spiro atoms. The minimum atomic E-state index is 0. The Bertz CT molecular complexity index is 881. The van der Waals surface area contributed by atoms with E-state index in [1.165, 1.54) is 11.5 Å². The van der Waals surface area contributed by atoms with Gasteiger partial charge in [0.05, 0.1) is 20.2 Å². The third-order valence-corrected chi connectivity index (χ3v) is 5.91. The van der Waals surface area contributed by atoms with Crippen LogP contribution in [0.25, 0.3) is 0 Å². The molecule has 0 atom stereocenters. The molecule has 0 saturated carbocycles. The Morgan fingerprint density at radius 2 is 1.91 bits per heavy atom. The zero-order valence-electron chi connectivity index (χ0n) is 19.1. The Hall–Kier alpha value is -2.15. The van der Waals surface area contributed by atoms with Gasteiger partial charge in [-0.1, -0.05) is 19.1 Å². The topological polar surface area (TPSA) is 86.2 Å². The number of nitrogens with zero attached hydrogens (tertiary/aromatic N) is 6. The average Bonchev–Trinajstić information content (AvgIpc) is 3.29. The number of carbonyl (C=O) groups excluding carboxylic acids is 1. The third-order valence-electron chi connectivity index (χ3n) is 5.09. The summed E-state index contributed by atoms with van der Waals surface area (Å²) in [5.41, 5.74) is 1.08. The molecule has 1 saturated heterocycles. The van der Waals surface area contributed by atoms with Gasteiger partial charge in [-0.2, -0.15) is 4.37 Å². The molecule has 1 aliphatic rings. The van der Waals surface area contributed by atoms with Crippen LogP contribution < -0.4 is 15.0 Å². The number of benzene rings is 1. The van der Waals surface area contributed by atoms with Gasteiger partial charge in [-0.05, 0) is 17.7 Å². The lowest BCUT2D eigenvalue weighted by Gasteiger charge is -2.36. The van der Waals surface area contributed by atoms with Crippen LogP contribution in [0.4, 0.5) is 5.13 Å². The first-order valence-corrected chi connectivity index (χ1v) is 11.2. The SMILES string of the molecule is CCc1nsc(N2CCN(C(=NCc3ccc(OC)cc3)NCC(=O)N(C)C)CC2)n1.I. The van der Waals surface area contributed by atoms with Crippen molar-refractivity contribution in [3.8, 4) is 5.75 Å². The van der Waals surface area contributed by atoms with E-state index in [1.54, 1.807) is 26.1 Å². The first-order chi connectivity index (χ1) is 15.0. The predicted molar refractivity (Wildman–Crippen MR) is 139 cm³/mol. The first-order valence-electron chi connectivity index (χ1n) is 10.4. The number of aliphatic imine (C=N–C) groups is 1. The molecule has 1 fully saturated rings. The Morgan fingerprint density at radius 3 is 2.47 bits per heavy atom. The van der Waals surface area contributed by atoms with E-state index < -0.39 is 0 Å². The van der Waals surface area contributed by atoms with E-state index in [2.05, 4.69) is 31.4 Å². The number of piperazine rings is 1. The minimum absolute atomic E-state index is 0. The maximum Gasteiger partial charge on any atom is 0.241 e. The maximum absolute atomic E-state index is 12.1. The summed E-state index contributed by atoms with van der Waals surface area (Å²) < 4.78 is 9.61. The number of methoxy groups -OCH3 is 1. The predicted octanol–water partition coefficient (Wildman–Crippen LogP) is 2.08. The summed E-state index contributed by atoms with van der Waals surface area (Å²) in [5, 5.41) is 4.22. The van der Waals surface area contributed by atoms with Gasteiger partial charge in [0.15, 0.2) is 5.96 Å². The molecule has 0 bridgehead atoms. The van der Waals surface area contributed by atoms with Crippen molar-refractivity contribution in [2.24, 2.45) is 4.99 Å². The van der Waals surface area contributed by atoms with Gasteiger partial charge >= 0.3 is 0 Å². The largest absolute Gasteiger partial charge is 0.497 e.